The summed E-state index contributed by atoms with van der Waals surface area (Å²) in [5.41, 5.74) is 0.504. The Morgan fingerprint density at radius 1 is 1.12 bits per heavy atom. The zero-order valence-electron chi connectivity index (χ0n) is 16.0. The van der Waals surface area contributed by atoms with Gasteiger partial charge >= 0.3 is 0 Å². The van der Waals surface area contributed by atoms with Gasteiger partial charge in [0.05, 0.1) is 0 Å². The third-order valence-electron chi connectivity index (χ3n) is 6.12. The molecular formula is C22H32N2O2. The van der Waals surface area contributed by atoms with Gasteiger partial charge in [-0.15, -0.1) is 0 Å². The van der Waals surface area contributed by atoms with Gasteiger partial charge in [0, 0.05) is 19.0 Å². The lowest BCUT2D eigenvalue weighted by molar-refractivity contribution is -0.141. The summed E-state index contributed by atoms with van der Waals surface area (Å²) >= 11 is 0. The molecule has 1 N–H and O–H groups in total. The fourth-order valence-corrected chi connectivity index (χ4v) is 4.33. The van der Waals surface area contributed by atoms with Crippen molar-refractivity contribution in [1.82, 2.24) is 10.2 Å². The summed E-state index contributed by atoms with van der Waals surface area (Å²) in [6.07, 6.45) is 10.3. The molecule has 0 spiro atoms. The number of hydrogen-bond donors (Lipinski definition) is 1. The Hall–Kier alpha value is -1.84. The van der Waals surface area contributed by atoms with Crippen molar-refractivity contribution in [2.24, 2.45) is 0 Å². The number of amides is 2. The van der Waals surface area contributed by atoms with Gasteiger partial charge in [-0.1, -0.05) is 62.4 Å². The van der Waals surface area contributed by atoms with Gasteiger partial charge in [0.25, 0.3) is 0 Å². The van der Waals surface area contributed by atoms with Crippen LogP contribution in [0.15, 0.2) is 30.3 Å². The van der Waals surface area contributed by atoms with Crippen molar-refractivity contribution < 1.29 is 9.59 Å². The first kappa shape index (κ1) is 18.9. The van der Waals surface area contributed by atoms with Crippen LogP contribution in [-0.2, 0) is 16.0 Å². The molecule has 26 heavy (non-hydrogen) atoms. The summed E-state index contributed by atoms with van der Waals surface area (Å²) in [7, 11) is 0. The largest absolute Gasteiger partial charge is 0.351 e. The fraction of sp³-hybridized carbons (Fsp3) is 0.636. The molecule has 1 aliphatic heterocycles. The first-order chi connectivity index (χ1) is 12.6. The lowest BCUT2D eigenvalue weighted by atomic mass is 9.93. The summed E-state index contributed by atoms with van der Waals surface area (Å²) in [5, 5.41) is 3.28. The second-order valence-electron chi connectivity index (χ2n) is 8.07. The first-order valence-corrected chi connectivity index (χ1v) is 10.2. The predicted octanol–water partition coefficient (Wildman–Crippen LogP) is 3.84. The molecule has 0 unspecified atom stereocenters. The topological polar surface area (TPSA) is 49.4 Å². The maximum absolute atomic E-state index is 13.1. The highest BCUT2D eigenvalue weighted by Crippen LogP contribution is 2.31. The normalized spacial score (nSPS) is 25.0. The number of benzene rings is 1. The van der Waals surface area contributed by atoms with Gasteiger partial charge in [-0.05, 0) is 38.2 Å². The zero-order chi connectivity index (χ0) is 18.4. The number of rotatable bonds is 5. The van der Waals surface area contributed by atoms with E-state index in [1.807, 2.05) is 30.0 Å². The van der Waals surface area contributed by atoms with Crippen LogP contribution in [0.5, 0.6) is 0 Å². The number of hydrogen-bond acceptors (Lipinski definition) is 2. The molecule has 3 rings (SSSR count). The van der Waals surface area contributed by atoms with Crippen LogP contribution < -0.4 is 5.32 Å². The Balaban J connectivity index is 1.63. The van der Waals surface area contributed by atoms with Crippen molar-refractivity contribution in [3.63, 3.8) is 0 Å². The van der Waals surface area contributed by atoms with Crippen LogP contribution in [0, 0.1) is 0 Å². The standard InChI is InChI=1S/C22H32N2O2/c1-22(21(26)23-19-12-8-3-2-4-9-13-19)16-14-20(25)24(22)17-15-18-10-6-5-7-11-18/h5-7,10-11,19H,2-4,8-9,12-17H2,1H3,(H,23,26)/t22-/m1/s1. The molecule has 1 aromatic carbocycles. The quantitative estimate of drug-likeness (QED) is 0.871. The van der Waals surface area contributed by atoms with Crippen LogP contribution in [0.25, 0.3) is 0 Å². The van der Waals surface area contributed by atoms with E-state index in [9.17, 15) is 9.59 Å². The molecule has 142 valence electrons. The maximum Gasteiger partial charge on any atom is 0.245 e. The van der Waals surface area contributed by atoms with E-state index < -0.39 is 5.54 Å². The molecule has 1 aromatic rings. The average molecular weight is 357 g/mol. The predicted molar refractivity (Wildman–Crippen MR) is 104 cm³/mol. The van der Waals surface area contributed by atoms with Crippen molar-refractivity contribution in [2.75, 3.05) is 6.54 Å². The smallest absolute Gasteiger partial charge is 0.245 e. The van der Waals surface area contributed by atoms with E-state index in [2.05, 4.69) is 17.4 Å². The number of nitrogens with one attached hydrogen (secondary N) is 1. The molecular weight excluding hydrogens is 324 g/mol. The van der Waals surface area contributed by atoms with Crippen LogP contribution in [0.1, 0.15) is 70.3 Å². The Labute approximate surface area is 157 Å². The Kier molecular flexibility index (Phi) is 6.33. The molecule has 1 saturated carbocycles. The first-order valence-electron chi connectivity index (χ1n) is 10.2. The molecule has 0 bridgehead atoms. The third kappa shape index (κ3) is 4.46. The Morgan fingerprint density at radius 2 is 1.77 bits per heavy atom. The molecule has 0 radical (unpaired) electrons. The van der Waals surface area contributed by atoms with Crippen molar-refractivity contribution in [3.8, 4) is 0 Å². The molecule has 0 aromatic heterocycles. The van der Waals surface area contributed by atoms with E-state index in [0.29, 0.717) is 19.4 Å². The molecule has 4 heteroatoms. The highest BCUT2D eigenvalue weighted by atomic mass is 16.2. The molecule has 2 fully saturated rings. The number of carbonyl (C=O) groups excluding carboxylic acids is 2. The molecule has 4 nitrogen and oxygen atoms in total. The highest BCUT2D eigenvalue weighted by Gasteiger charge is 2.47. The van der Waals surface area contributed by atoms with E-state index in [4.69, 9.17) is 0 Å². The molecule has 1 atom stereocenters. The minimum atomic E-state index is -0.700. The Bertz CT molecular complexity index is 608. The van der Waals surface area contributed by atoms with Crippen molar-refractivity contribution in [3.05, 3.63) is 35.9 Å². The average Bonchev–Trinajstić information content (AvgIpc) is 2.92. The summed E-state index contributed by atoms with van der Waals surface area (Å²) in [6.45, 7) is 2.55. The van der Waals surface area contributed by atoms with Gasteiger partial charge in [-0.3, -0.25) is 9.59 Å². The second-order valence-corrected chi connectivity index (χ2v) is 8.07. The van der Waals surface area contributed by atoms with E-state index in [1.54, 1.807) is 0 Å². The molecule has 1 aliphatic carbocycles. The molecule has 1 saturated heterocycles. The van der Waals surface area contributed by atoms with Crippen LogP contribution in [-0.4, -0.2) is 34.8 Å². The van der Waals surface area contributed by atoms with E-state index in [-0.39, 0.29) is 17.9 Å². The van der Waals surface area contributed by atoms with E-state index in [0.717, 1.165) is 19.3 Å². The summed E-state index contributed by atoms with van der Waals surface area (Å²) < 4.78 is 0. The van der Waals surface area contributed by atoms with Crippen LogP contribution >= 0.6 is 0 Å². The summed E-state index contributed by atoms with van der Waals surface area (Å²) in [5.74, 6) is 0.151. The summed E-state index contributed by atoms with van der Waals surface area (Å²) in [6, 6.07) is 10.4. The lowest BCUT2D eigenvalue weighted by Gasteiger charge is -2.35. The highest BCUT2D eigenvalue weighted by molar-refractivity contribution is 5.94. The number of nitrogens with zero attached hydrogens (tertiary/aromatic N) is 1. The SMILES string of the molecule is C[C@]1(C(=O)NC2CCCCCCC2)CCC(=O)N1CCc1ccccc1. The van der Waals surface area contributed by atoms with Crippen LogP contribution in [0.4, 0.5) is 0 Å². The van der Waals surface area contributed by atoms with E-state index >= 15 is 0 Å². The number of carbonyl (C=O) groups is 2. The summed E-state index contributed by atoms with van der Waals surface area (Å²) in [4.78, 5) is 27.4. The van der Waals surface area contributed by atoms with Crippen LogP contribution in [0.3, 0.4) is 0 Å². The van der Waals surface area contributed by atoms with Gasteiger partial charge in [0.1, 0.15) is 5.54 Å². The van der Waals surface area contributed by atoms with E-state index in [1.165, 1.54) is 37.7 Å². The monoisotopic (exact) mass is 356 g/mol. The zero-order valence-corrected chi connectivity index (χ0v) is 16.0. The van der Waals surface area contributed by atoms with Crippen LogP contribution in [0.2, 0.25) is 0 Å². The molecule has 2 amide bonds. The fourth-order valence-electron chi connectivity index (χ4n) is 4.33. The van der Waals surface area contributed by atoms with Gasteiger partial charge in [0.2, 0.25) is 11.8 Å². The van der Waals surface area contributed by atoms with Gasteiger partial charge in [0.15, 0.2) is 0 Å². The van der Waals surface area contributed by atoms with Crippen molar-refractivity contribution in [1.29, 1.82) is 0 Å². The minimum absolute atomic E-state index is 0.0435. The van der Waals surface area contributed by atoms with Crippen molar-refractivity contribution in [2.45, 2.75) is 82.7 Å². The second kappa shape index (κ2) is 8.70. The van der Waals surface area contributed by atoms with Crippen molar-refractivity contribution >= 4 is 11.8 Å². The van der Waals surface area contributed by atoms with Gasteiger partial charge < -0.3 is 10.2 Å². The third-order valence-corrected chi connectivity index (χ3v) is 6.12. The minimum Gasteiger partial charge on any atom is -0.351 e. The number of likely N-dealkylation sites (tertiary alicyclic amines) is 1. The van der Waals surface area contributed by atoms with Gasteiger partial charge in [-0.25, -0.2) is 0 Å². The molecule has 2 aliphatic rings. The lowest BCUT2D eigenvalue weighted by Crippen LogP contribution is -2.56. The maximum atomic E-state index is 13.1. The Morgan fingerprint density at radius 3 is 2.46 bits per heavy atom. The van der Waals surface area contributed by atoms with Gasteiger partial charge in [-0.2, -0.15) is 0 Å². The molecule has 1 heterocycles.